The van der Waals surface area contributed by atoms with E-state index >= 15 is 0 Å². The maximum atomic E-state index is 5.95. The molecule has 0 aliphatic rings. The van der Waals surface area contributed by atoms with Crippen molar-refractivity contribution in [2.75, 3.05) is 47.5 Å². The maximum Gasteiger partial charge on any atom is 0.125 e. The van der Waals surface area contributed by atoms with Gasteiger partial charge in [0.05, 0.1) is 13.2 Å². The molecular formula is C17H30N2O2. The fraction of sp³-hybridized carbons (Fsp3) is 0.647. The summed E-state index contributed by atoms with van der Waals surface area (Å²) < 4.78 is 11.0. The number of aryl methyl sites for hydroxylation is 2. The summed E-state index contributed by atoms with van der Waals surface area (Å²) >= 11 is 0. The van der Waals surface area contributed by atoms with Gasteiger partial charge in [-0.2, -0.15) is 0 Å². The van der Waals surface area contributed by atoms with E-state index < -0.39 is 0 Å². The molecule has 4 nitrogen and oxygen atoms in total. The van der Waals surface area contributed by atoms with Crippen molar-refractivity contribution in [3.63, 3.8) is 0 Å². The van der Waals surface area contributed by atoms with Crippen molar-refractivity contribution in [1.29, 1.82) is 0 Å². The molecule has 21 heavy (non-hydrogen) atoms. The van der Waals surface area contributed by atoms with Gasteiger partial charge in [-0.05, 0) is 51.1 Å². The lowest BCUT2D eigenvalue weighted by atomic mass is 10.1. The van der Waals surface area contributed by atoms with Gasteiger partial charge in [0, 0.05) is 26.7 Å². The van der Waals surface area contributed by atoms with Crippen LogP contribution in [-0.2, 0) is 11.3 Å². The van der Waals surface area contributed by atoms with E-state index in [4.69, 9.17) is 9.47 Å². The summed E-state index contributed by atoms with van der Waals surface area (Å²) in [5.74, 6) is 1.04. The molecule has 0 saturated heterocycles. The molecule has 0 fully saturated rings. The average Bonchev–Trinajstić information content (AvgIpc) is 2.41. The van der Waals surface area contributed by atoms with E-state index in [0.717, 1.165) is 45.0 Å². The number of hydrogen-bond acceptors (Lipinski definition) is 4. The number of hydrogen-bond donors (Lipinski definition) is 1. The van der Waals surface area contributed by atoms with Gasteiger partial charge < -0.3 is 19.7 Å². The van der Waals surface area contributed by atoms with E-state index in [9.17, 15) is 0 Å². The van der Waals surface area contributed by atoms with E-state index in [2.05, 4.69) is 50.3 Å². The van der Waals surface area contributed by atoms with Crippen LogP contribution in [0.4, 0.5) is 0 Å². The topological polar surface area (TPSA) is 33.7 Å². The van der Waals surface area contributed by atoms with E-state index in [0.29, 0.717) is 0 Å². The second kappa shape index (κ2) is 9.77. The number of benzene rings is 1. The van der Waals surface area contributed by atoms with Crippen LogP contribution < -0.4 is 10.1 Å². The quantitative estimate of drug-likeness (QED) is 0.672. The Morgan fingerprint density at radius 2 is 1.76 bits per heavy atom. The highest BCUT2D eigenvalue weighted by atomic mass is 16.5. The monoisotopic (exact) mass is 294 g/mol. The summed E-state index contributed by atoms with van der Waals surface area (Å²) in [7, 11) is 5.89. The smallest absolute Gasteiger partial charge is 0.125 e. The minimum atomic E-state index is 0.741. The molecule has 0 atom stereocenters. The van der Waals surface area contributed by atoms with E-state index in [1.807, 2.05) is 0 Å². The highest BCUT2D eigenvalue weighted by Crippen LogP contribution is 2.25. The van der Waals surface area contributed by atoms with Gasteiger partial charge in [0.15, 0.2) is 0 Å². The van der Waals surface area contributed by atoms with Crippen molar-refractivity contribution in [2.45, 2.75) is 26.8 Å². The maximum absolute atomic E-state index is 5.95. The van der Waals surface area contributed by atoms with E-state index in [-0.39, 0.29) is 0 Å². The van der Waals surface area contributed by atoms with Crippen LogP contribution in [0.5, 0.6) is 5.75 Å². The van der Waals surface area contributed by atoms with Crippen molar-refractivity contribution < 1.29 is 9.47 Å². The third-order valence-corrected chi connectivity index (χ3v) is 3.33. The minimum absolute atomic E-state index is 0.741. The molecule has 0 heterocycles. The lowest BCUT2D eigenvalue weighted by Gasteiger charge is -2.15. The second-order valence-corrected chi connectivity index (χ2v) is 5.73. The van der Waals surface area contributed by atoms with Crippen molar-refractivity contribution in [3.8, 4) is 5.75 Å². The van der Waals surface area contributed by atoms with Gasteiger partial charge in [0.2, 0.25) is 0 Å². The van der Waals surface area contributed by atoms with Crippen LogP contribution in [0.3, 0.4) is 0 Å². The fourth-order valence-electron chi connectivity index (χ4n) is 2.33. The zero-order valence-electron chi connectivity index (χ0n) is 14.2. The first-order chi connectivity index (χ1) is 10.0. The molecule has 1 aromatic rings. The molecule has 0 spiro atoms. The van der Waals surface area contributed by atoms with Crippen LogP contribution in [0.15, 0.2) is 12.1 Å². The standard InChI is InChI=1S/C17H30N2O2/c1-14-11-16(13-18-7-10-20-5)12-15(2)17(14)21-9-6-8-19(3)4/h11-12,18H,6-10,13H2,1-5H3. The second-order valence-electron chi connectivity index (χ2n) is 5.73. The predicted octanol–water partition coefficient (Wildman–Crippen LogP) is 2.37. The lowest BCUT2D eigenvalue weighted by molar-refractivity contribution is 0.199. The van der Waals surface area contributed by atoms with Gasteiger partial charge in [-0.3, -0.25) is 0 Å². The Morgan fingerprint density at radius 1 is 1.10 bits per heavy atom. The molecule has 0 radical (unpaired) electrons. The molecule has 0 unspecified atom stereocenters. The Bertz CT molecular complexity index is 396. The molecule has 120 valence electrons. The number of methoxy groups -OCH3 is 1. The van der Waals surface area contributed by atoms with Crippen LogP contribution in [-0.4, -0.2) is 52.4 Å². The van der Waals surface area contributed by atoms with Crippen molar-refractivity contribution in [2.24, 2.45) is 0 Å². The lowest BCUT2D eigenvalue weighted by Crippen LogP contribution is -2.18. The van der Waals surface area contributed by atoms with Crippen LogP contribution in [0.25, 0.3) is 0 Å². The first-order valence-corrected chi connectivity index (χ1v) is 7.62. The van der Waals surface area contributed by atoms with Gasteiger partial charge in [-0.25, -0.2) is 0 Å². The summed E-state index contributed by atoms with van der Waals surface area (Å²) in [5.41, 5.74) is 3.72. The summed E-state index contributed by atoms with van der Waals surface area (Å²) in [6, 6.07) is 4.40. The molecule has 4 heteroatoms. The third-order valence-electron chi connectivity index (χ3n) is 3.33. The molecule has 1 rings (SSSR count). The van der Waals surface area contributed by atoms with Crippen LogP contribution >= 0.6 is 0 Å². The molecule has 1 aromatic carbocycles. The SMILES string of the molecule is COCCNCc1cc(C)c(OCCCN(C)C)c(C)c1. The number of nitrogens with zero attached hydrogens (tertiary/aromatic N) is 1. The Morgan fingerprint density at radius 3 is 2.33 bits per heavy atom. The summed E-state index contributed by atoms with van der Waals surface area (Å²) in [6.07, 6.45) is 1.05. The fourth-order valence-corrected chi connectivity index (χ4v) is 2.33. The Labute approximate surface area is 129 Å². The molecule has 0 amide bonds. The molecular weight excluding hydrogens is 264 g/mol. The van der Waals surface area contributed by atoms with Gasteiger partial charge in [0.1, 0.15) is 5.75 Å². The third kappa shape index (κ3) is 6.93. The van der Waals surface area contributed by atoms with Gasteiger partial charge in [-0.15, -0.1) is 0 Å². The number of rotatable bonds is 10. The average molecular weight is 294 g/mol. The van der Waals surface area contributed by atoms with Crippen molar-refractivity contribution in [1.82, 2.24) is 10.2 Å². The van der Waals surface area contributed by atoms with Gasteiger partial charge in [-0.1, -0.05) is 12.1 Å². The zero-order valence-corrected chi connectivity index (χ0v) is 14.2. The largest absolute Gasteiger partial charge is 0.493 e. The van der Waals surface area contributed by atoms with E-state index in [1.54, 1.807) is 7.11 Å². The first-order valence-electron chi connectivity index (χ1n) is 7.62. The van der Waals surface area contributed by atoms with Crippen molar-refractivity contribution in [3.05, 3.63) is 28.8 Å². The Kier molecular flexibility index (Phi) is 8.35. The van der Waals surface area contributed by atoms with E-state index in [1.165, 1.54) is 16.7 Å². The van der Waals surface area contributed by atoms with Gasteiger partial charge in [0.25, 0.3) is 0 Å². The molecule has 0 aromatic heterocycles. The normalized spacial score (nSPS) is 11.1. The van der Waals surface area contributed by atoms with Crippen LogP contribution in [0.2, 0.25) is 0 Å². The number of nitrogens with one attached hydrogen (secondary N) is 1. The molecule has 0 bridgehead atoms. The highest BCUT2D eigenvalue weighted by Gasteiger charge is 2.06. The van der Waals surface area contributed by atoms with Crippen molar-refractivity contribution >= 4 is 0 Å². The van der Waals surface area contributed by atoms with Crippen LogP contribution in [0.1, 0.15) is 23.1 Å². The zero-order chi connectivity index (χ0) is 15.7. The molecule has 1 N–H and O–H groups in total. The summed E-state index contributed by atoms with van der Waals surface area (Å²) in [6.45, 7) is 8.54. The van der Waals surface area contributed by atoms with Gasteiger partial charge >= 0.3 is 0 Å². The molecule has 0 aliphatic carbocycles. The Balaban J connectivity index is 2.50. The predicted molar refractivity (Wildman–Crippen MR) is 88.2 cm³/mol. The molecule has 0 aliphatic heterocycles. The highest BCUT2D eigenvalue weighted by molar-refractivity contribution is 5.43. The minimum Gasteiger partial charge on any atom is -0.493 e. The Hall–Kier alpha value is -1.10. The van der Waals surface area contributed by atoms with Crippen LogP contribution in [0, 0.1) is 13.8 Å². The molecule has 0 saturated carbocycles. The summed E-state index contributed by atoms with van der Waals surface area (Å²) in [4.78, 5) is 2.18. The first kappa shape index (κ1) is 18.0. The summed E-state index contributed by atoms with van der Waals surface area (Å²) in [5, 5.41) is 3.37. The number of ether oxygens (including phenoxy) is 2.